The highest BCUT2D eigenvalue weighted by atomic mass is 19.1. The van der Waals surface area contributed by atoms with Crippen molar-refractivity contribution >= 4 is 12.6 Å². The molecule has 1 aromatic carbocycles. The van der Waals surface area contributed by atoms with Crippen molar-refractivity contribution in [1.82, 2.24) is 0 Å². The van der Waals surface area contributed by atoms with Crippen LogP contribution in [0.5, 0.6) is 5.75 Å². The van der Waals surface area contributed by atoms with E-state index < -0.39 is 24.1 Å². The van der Waals surface area contributed by atoms with E-state index in [2.05, 4.69) is 0 Å². The molecule has 2 N–H and O–H groups in total. The third-order valence-corrected chi connectivity index (χ3v) is 3.34. The summed E-state index contributed by atoms with van der Waals surface area (Å²) in [5.74, 6) is -0.485. The van der Waals surface area contributed by atoms with Gasteiger partial charge >= 0.3 is 7.12 Å². The van der Waals surface area contributed by atoms with Gasteiger partial charge in [-0.3, -0.25) is 0 Å². The van der Waals surface area contributed by atoms with E-state index in [1.807, 2.05) is 0 Å². The highest BCUT2D eigenvalue weighted by molar-refractivity contribution is 6.60. The molecule has 4 nitrogen and oxygen atoms in total. The molecular weight excluding hydrogens is 250 g/mol. The number of aliphatic hydroxyl groups is 1. The van der Waals surface area contributed by atoms with Gasteiger partial charge in [0.2, 0.25) is 0 Å². The molecule has 1 rings (SSSR count). The van der Waals surface area contributed by atoms with Gasteiger partial charge in [-0.25, -0.2) is 4.39 Å². The molecule has 0 saturated carbocycles. The summed E-state index contributed by atoms with van der Waals surface area (Å²) in [5.41, 5.74) is -1.89. The Morgan fingerprint density at radius 2 is 1.79 bits per heavy atom. The first-order valence-electron chi connectivity index (χ1n) is 6.00. The second-order valence-electron chi connectivity index (χ2n) is 5.43. The predicted molar refractivity (Wildman–Crippen MR) is 72.0 cm³/mol. The van der Waals surface area contributed by atoms with Gasteiger partial charge in [-0.2, -0.15) is 0 Å². The predicted octanol–water partition coefficient (Wildman–Crippen LogP) is 1.09. The third-order valence-electron chi connectivity index (χ3n) is 3.34. The van der Waals surface area contributed by atoms with Crippen LogP contribution in [-0.4, -0.2) is 35.6 Å². The highest BCUT2D eigenvalue weighted by Gasteiger charge is 2.39. The van der Waals surface area contributed by atoms with Gasteiger partial charge in [-0.05, 0) is 45.3 Å². The van der Waals surface area contributed by atoms with Crippen LogP contribution in [0.2, 0.25) is 0 Å². The average molecular weight is 270 g/mol. The van der Waals surface area contributed by atoms with Crippen LogP contribution in [0, 0.1) is 5.82 Å². The lowest BCUT2D eigenvalue weighted by Crippen LogP contribution is -2.53. The van der Waals surface area contributed by atoms with Crippen molar-refractivity contribution < 1.29 is 23.9 Å². The first-order chi connectivity index (χ1) is 8.58. The quantitative estimate of drug-likeness (QED) is 0.786. The molecule has 0 aliphatic rings. The van der Waals surface area contributed by atoms with E-state index in [4.69, 9.17) is 9.39 Å². The molecule has 19 heavy (non-hydrogen) atoms. The Labute approximate surface area is 113 Å². The summed E-state index contributed by atoms with van der Waals surface area (Å²) in [7, 11) is 0.0319. The van der Waals surface area contributed by atoms with Crippen molar-refractivity contribution in [3.8, 4) is 5.75 Å². The third kappa shape index (κ3) is 3.68. The number of hydrogen-bond acceptors (Lipinski definition) is 4. The van der Waals surface area contributed by atoms with E-state index in [1.165, 1.54) is 19.2 Å². The number of hydrogen-bond donors (Lipinski definition) is 2. The van der Waals surface area contributed by atoms with Crippen LogP contribution in [0.3, 0.4) is 0 Å². The number of methoxy groups -OCH3 is 1. The molecule has 6 heteroatoms. The Balaban J connectivity index is 2.90. The molecule has 0 aliphatic carbocycles. The van der Waals surface area contributed by atoms with E-state index in [0.29, 0.717) is 0 Å². The fourth-order valence-electron chi connectivity index (χ4n) is 1.33. The van der Waals surface area contributed by atoms with Crippen LogP contribution >= 0.6 is 0 Å². The van der Waals surface area contributed by atoms with Gasteiger partial charge in [0.15, 0.2) is 11.6 Å². The highest BCUT2D eigenvalue weighted by Crippen LogP contribution is 2.25. The van der Waals surface area contributed by atoms with Crippen molar-refractivity contribution in [2.24, 2.45) is 0 Å². The Kier molecular flexibility index (Phi) is 4.61. The fraction of sp³-hybridized carbons (Fsp3) is 0.538. The summed E-state index contributed by atoms with van der Waals surface area (Å²) >= 11 is 0. The molecule has 0 aromatic heterocycles. The van der Waals surface area contributed by atoms with Gasteiger partial charge < -0.3 is 19.5 Å². The van der Waals surface area contributed by atoms with Crippen molar-refractivity contribution in [3.05, 3.63) is 24.0 Å². The van der Waals surface area contributed by atoms with Crippen molar-refractivity contribution in [1.29, 1.82) is 0 Å². The largest absolute Gasteiger partial charge is 0.494 e. The van der Waals surface area contributed by atoms with Crippen LogP contribution in [0.25, 0.3) is 0 Å². The zero-order chi connectivity index (χ0) is 14.8. The smallest absolute Gasteiger partial charge is 0.491 e. The minimum Gasteiger partial charge on any atom is -0.494 e. The van der Waals surface area contributed by atoms with Crippen molar-refractivity contribution in [2.45, 2.75) is 38.9 Å². The van der Waals surface area contributed by atoms with Crippen LogP contribution in [-0.2, 0) is 4.65 Å². The normalized spacial score (nSPS) is 12.4. The van der Waals surface area contributed by atoms with Gasteiger partial charge in [-0.15, -0.1) is 0 Å². The molecule has 0 fully saturated rings. The Morgan fingerprint density at radius 1 is 1.21 bits per heavy atom. The van der Waals surface area contributed by atoms with Crippen LogP contribution < -0.4 is 10.2 Å². The second kappa shape index (κ2) is 5.49. The van der Waals surface area contributed by atoms with E-state index in [0.717, 1.165) is 6.07 Å². The van der Waals surface area contributed by atoms with E-state index in [-0.39, 0.29) is 11.2 Å². The maximum Gasteiger partial charge on any atom is 0.491 e. The molecule has 0 amide bonds. The lowest BCUT2D eigenvalue weighted by atomic mass is 9.76. The first-order valence-corrected chi connectivity index (χ1v) is 6.00. The molecule has 0 spiro atoms. The minimum absolute atomic E-state index is 0.0951. The Bertz CT molecular complexity index is 443. The second-order valence-corrected chi connectivity index (χ2v) is 5.43. The first kappa shape index (κ1) is 16.0. The van der Waals surface area contributed by atoms with Crippen LogP contribution in [0.1, 0.15) is 27.7 Å². The minimum atomic E-state index is -1.33. The molecule has 0 bridgehead atoms. The lowest BCUT2D eigenvalue weighted by molar-refractivity contribution is -0.0982. The fourth-order valence-corrected chi connectivity index (χ4v) is 1.33. The van der Waals surface area contributed by atoms with Gasteiger partial charge in [0, 0.05) is 0 Å². The van der Waals surface area contributed by atoms with Crippen LogP contribution in [0.4, 0.5) is 4.39 Å². The van der Waals surface area contributed by atoms with Crippen molar-refractivity contribution in [2.75, 3.05) is 7.11 Å². The van der Waals surface area contributed by atoms with Crippen LogP contribution in [0.15, 0.2) is 18.2 Å². The average Bonchev–Trinajstić information content (AvgIpc) is 2.26. The molecule has 0 aliphatic heterocycles. The molecule has 0 heterocycles. The molecule has 106 valence electrons. The zero-order valence-corrected chi connectivity index (χ0v) is 11.9. The maximum atomic E-state index is 13.5. The summed E-state index contributed by atoms with van der Waals surface area (Å²) in [6.07, 6.45) is 0. The standard InChI is InChI=1S/C13H20BFO4/c1-12(2,16)13(3,4)19-14(17)9-6-7-11(18-5)10(15)8-9/h6-8,16-17H,1-5H3. The molecule has 0 atom stereocenters. The summed E-state index contributed by atoms with van der Waals surface area (Å²) in [6, 6.07) is 4.06. The van der Waals surface area contributed by atoms with Gasteiger partial charge in [0.25, 0.3) is 0 Å². The van der Waals surface area contributed by atoms with Gasteiger partial charge in [0.1, 0.15) is 0 Å². The Morgan fingerprint density at radius 3 is 2.21 bits per heavy atom. The van der Waals surface area contributed by atoms with Gasteiger partial charge in [-0.1, -0.05) is 6.07 Å². The monoisotopic (exact) mass is 270 g/mol. The van der Waals surface area contributed by atoms with E-state index in [1.54, 1.807) is 27.7 Å². The summed E-state index contributed by atoms with van der Waals surface area (Å²) in [6.45, 7) is 6.45. The SMILES string of the molecule is COc1ccc(B(O)OC(C)(C)C(C)(C)O)cc1F. The number of ether oxygens (including phenoxy) is 1. The number of benzene rings is 1. The zero-order valence-electron chi connectivity index (χ0n) is 11.9. The molecule has 0 radical (unpaired) electrons. The van der Waals surface area contributed by atoms with E-state index in [9.17, 15) is 14.5 Å². The summed E-state index contributed by atoms with van der Waals surface area (Å²) < 4.78 is 23.7. The molecule has 1 aromatic rings. The maximum absolute atomic E-state index is 13.5. The molecular formula is C13H20BFO4. The summed E-state index contributed by atoms with van der Waals surface area (Å²) in [4.78, 5) is 0. The molecule has 0 saturated heterocycles. The lowest BCUT2D eigenvalue weighted by Gasteiger charge is -2.38. The topological polar surface area (TPSA) is 58.9 Å². The van der Waals surface area contributed by atoms with Gasteiger partial charge in [0.05, 0.1) is 18.3 Å². The van der Waals surface area contributed by atoms with E-state index >= 15 is 0 Å². The molecule has 0 unspecified atom stereocenters. The summed E-state index contributed by atoms with van der Waals surface area (Å²) in [5, 5.41) is 19.9. The Hall–Kier alpha value is -1.11. The number of halogens is 1. The van der Waals surface area contributed by atoms with Crippen molar-refractivity contribution in [3.63, 3.8) is 0 Å². The number of rotatable bonds is 5.